The molecule has 31 heavy (non-hydrogen) atoms. The average molecular weight is 417 g/mol. The van der Waals surface area contributed by atoms with Crippen molar-refractivity contribution < 1.29 is 0 Å². The van der Waals surface area contributed by atoms with Gasteiger partial charge in [-0.3, -0.25) is 0 Å². The van der Waals surface area contributed by atoms with Crippen molar-refractivity contribution in [3.05, 3.63) is 108 Å². The third-order valence-electron chi connectivity index (χ3n) is 5.69. The van der Waals surface area contributed by atoms with Gasteiger partial charge in [0.25, 0.3) is 0 Å². The standard InChI is InChI=1S/C28H17ClN2/c29-22-15-13-18-11-12-19-14-16-24-28(25(19)23(18)17-22)31-27(21-9-5-2-6-10-21)26(30-24)20-7-3-1-4-8-20/h1-17H. The summed E-state index contributed by atoms with van der Waals surface area (Å²) in [5.74, 6) is 0. The lowest BCUT2D eigenvalue weighted by Gasteiger charge is -2.13. The Bertz CT molecular complexity index is 1580. The smallest absolute Gasteiger partial charge is 0.0979 e. The second-order valence-electron chi connectivity index (χ2n) is 7.62. The summed E-state index contributed by atoms with van der Waals surface area (Å²) in [7, 11) is 0. The highest BCUT2D eigenvalue weighted by Gasteiger charge is 2.15. The van der Waals surface area contributed by atoms with E-state index < -0.39 is 0 Å². The highest BCUT2D eigenvalue weighted by Crippen LogP contribution is 2.36. The van der Waals surface area contributed by atoms with Crippen LogP contribution in [-0.2, 0) is 0 Å². The van der Waals surface area contributed by atoms with Crippen LogP contribution in [0.25, 0.3) is 55.1 Å². The van der Waals surface area contributed by atoms with Crippen LogP contribution in [0.5, 0.6) is 0 Å². The molecule has 6 aromatic rings. The van der Waals surface area contributed by atoms with Crippen LogP contribution in [0.3, 0.4) is 0 Å². The first-order valence-corrected chi connectivity index (χ1v) is 10.6. The Morgan fingerprint density at radius 2 is 1.13 bits per heavy atom. The van der Waals surface area contributed by atoms with Crippen LogP contribution in [0.4, 0.5) is 0 Å². The van der Waals surface area contributed by atoms with Crippen molar-refractivity contribution in [2.75, 3.05) is 0 Å². The summed E-state index contributed by atoms with van der Waals surface area (Å²) >= 11 is 6.37. The molecule has 0 N–H and O–H groups in total. The zero-order chi connectivity index (χ0) is 20.8. The van der Waals surface area contributed by atoms with Gasteiger partial charge in [-0.1, -0.05) is 96.5 Å². The van der Waals surface area contributed by atoms with E-state index in [0.29, 0.717) is 5.02 Å². The van der Waals surface area contributed by atoms with Crippen molar-refractivity contribution in [2.24, 2.45) is 0 Å². The van der Waals surface area contributed by atoms with Gasteiger partial charge in [-0.15, -0.1) is 0 Å². The fourth-order valence-corrected chi connectivity index (χ4v) is 4.40. The van der Waals surface area contributed by atoms with Crippen molar-refractivity contribution >= 4 is 44.2 Å². The van der Waals surface area contributed by atoms with E-state index in [1.165, 1.54) is 0 Å². The number of halogens is 1. The van der Waals surface area contributed by atoms with Gasteiger partial charge in [0.05, 0.1) is 22.4 Å². The van der Waals surface area contributed by atoms with Gasteiger partial charge in [-0.25, -0.2) is 9.97 Å². The molecule has 0 aliphatic rings. The van der Waals surface area contributed by atoms with E-state index in [0.717, 1.165) is 55.1 Å². The second-order valence-corrected chi connectivity index (χ2v) is 8.05. The van der Waals surface area contributed by atoms with Crippen LogP contribution in [0.1, 0.15) is 0 Å². The molecule has 0 aliphatic heterocycles. The fourth-order valence-electron chi connectivity index (χ4n) is 4.22. The van der Waals surface area contributed by atoms with Gasteiger partial charge in [-0.05, 0) is 34.4 Å². The number of nitrogens with zero attached hydrogens (tertiary/aromatic N) is 2. The summed E-state index contributed by atoms with van der Waals surface area (Å²) in [6.07, 6.45) is 0. The third kappa shape index (κ3) is 3.04. The average Bonchev–Trinajstić information content (AvgIpc) is 2.83. The van der Waals surface area contributed by atoms with Gasteiger partial charge in [-0.2, -0.15) is 0 Å². The maximum Gasteiger partial charge on any atom is 0.0979 e. The highest BCUT2D eigenvalue weighted by atomic mass is 35.5. The van der Waals surface area contributed by atoms with E-state index in [1.54, 1.807) is 0 Å². The number of hydrogen-bond acceptors (Lipinski definition) is 2. The molecule has 0 saturated carbocycles. The Hall–Kier alpha value is -3.75. The first-order chi connectivity index (χ1) is 15.3. The summed E-state index contributed by atoms with van der Waals surface area (Å²) in [5.41, 5.74) is 5.63. The summed E-state index contributed by atoms with van der Waals surface area (Å²) in [6, 6.07) is 35.0. The molecule has 1 heterocycles. The molecule has 3 heteroatoms. The molecule has 6 rings (SSSR count). The Balaban J connectivity index is 1.78. The molecule has 0 unspecified atom stereocenters. The van der Waals surface area contributed by atoms with Gasteiger partial charge in [0.1, 0.15) is 0 Å². The van der Waals surface area contributed by atoms with Gasteiger partial charge in [0, 0.05) is 21.5 Å². The van der Waals surface area contributed by atoms with E-state index in [-0.39, 0.29) is 0 Å². The van der Waals surface area contributed by atoms with E-state index in [4.69, 9.17) is 21.6 Å². The first kappa shape index (κ1) is 18.1. The maximum absolute atomic E-state index is 6.37. The molecule has 0 atom stereocenters. The fraction of sp³-hybridized carbons (Fsp3) is 0. The van der Waals surface area contributed by atoms with Gasteiger partial charge in [0.15, 0.2) is 0 Å². The lowest BCUT2D eigenvalue weighted by atomic mass is 9.99. The topological polar surface area (TPSA) is 25.8 Å². The van der Waals surface area contributed by atoms with E-state index in [2.05, 4.69) is 54.6 Å². The predicted molar refractivity (Wildman–Crippen MR) is 130 cm³/mol. The molecular formula is C28H17ClN2. The summed E-state index contributed by atoms with van der Waals surface area (Å²) in [4.78, 5) is 10.3. The third-order valence-corrected chi connectivity index (χ3v) is 5.93. The zero-order valence-corrected chi connectivity index (χ0v) is 17.3. The monoisotopic (exact) mass is 416 g/mol. The molecule has 1 aromatic heterocycles. The molecule has 2 nitrogen and oxygen atoms in total. The lowest BCUT2D eigenvalue weighted by Crippen LogP contribution is -1.96. The molecule has 146 valence electrons. The zero-order valence-electron chi connectivity index (χ0n) is 16.6. The van der Waals surface area contributed by atoms with Crippen molar-refractivity contribution in [2.45, 2.75) is 0 Å². The van der Waals surface area contributed by atoms with Crippen molar-refractivity contribution in [3.8, 4) is 22.5 Å². The summed E-state index contributed by atoms with van der Waals surface area (Å²) < 4.78 is 0. The largest absolute Gasteiger partial charge is 0.244 e. The second kappa shape index (κ2) is 7.19. The minimum atomic E-state index is 0.717. The molecule has 0 spiro atoms. The summed E-state index contributed by atoms with van der Waals surface area (Å²) in [5, 5.41) is 5.16. The van der Waals surface area contributed by atoms with Crippen LogP contribution in [0.2, 0.25) is 5.02 Å². The van der Waals surface area contributed by atoms with Gasteiger partial charge in [0.2, 0.25) is 0 Å². The quantitative estimate of drug-likeness (QED) is 0.268. The predicted octanol–water partition coefficient (Wildman–Crippen LogP) is 7.92. The van der Waals surface area contributed by atoms with E-state index in [1.807, 2.05) is 48.5 Å². The first-order valence-electron chi connectivity index (χ1n) is 10.2. The SMILES string of the molecule is Clc1ccc2ccc3ccc4nc(-c5ccccc5)c(-c5ccccc5)nc4c3c2c1. The van der Waals surface area contributed by atoms with Crippen molar-refractivity contribution in [3.63, 3.8) is 0 Å². The van der Waals surface area contributed by atoms with Crippen LogP contribution in [-0.4, -0.2) is 9.97 Å². The van der Waals surface area contributed by atoms with Crippen molar-refractivity contribution in [1.82, 2.24) is 9.97 Å². The van der Waals surface area contributed by atoms with Gasteiger partial charge < -0.3 is 0 Å². The molecule has 0 saturated heterocycles. The minimum Gasteiger partial charge on any atom is -0.244 e. The minimum absolute atomic E-state index is 0.717. The van der Waals surface area contributed by atoms with Crippen LogP contribution in [0, 0.1) is 0 Å². The Morgan fingerprint density at radius 3 is 1.84 bits per heavy atom. The normalized spacial score (nSPS) is 11.4. The molecule has 0 aliphatic carbocycles. The van der Waals surface area contributed by atoms with E-state index >= 15 is 0 Å². The van der Waals surface area contributed by atoms with Gasteiger partial charge >= 0.3 is 0 Å². The number of benzene rings is 5. The maximum atomic E-state index is 6.37. The Morgan fingerprint density at radius 1 is 0.548 bits per heavy atom. The highest BCUT2D eigenvalue weighted by molar-refractivity contribution is 6.32. The number of fused-ring (bicyclic) bond motifs is 5. The lowest BCUT2D eigenvalue weighted by molar-refractivity contribution is 1.30. The molecule has 5 aromatic carbocycles. The Labute approximate surface area is 184 Å². The molecule has 0 radical (unpaired) electrons. The van der Waals surface area contributed by atoms with E-state index in [9.17, 15) is 0 Å². The summed E-state index contributed by atoms with van der Waals surface area (Å²) in [6.45, 7) is 0. The molecule has 0 bridgehead atoms. The molecule has 0 fully saturated rings. The number of aromatic nitrogens is 2. The molecular weight excluding hydrogens is 400 g/mol. The molecule has 0 amide bonds. The number of hydrogen-bond donors (Lipinski definition) is 0. The Kier molecular flexibility index (Phi) is 4.19. The van der Waals surface area contributed by atoms with Crippen LogP contribution in [0.15, 0.2) is 103 Å². The van der Waals surface area contributed by atoms with Crippen molar-refractivity contribution in [1.29, 1.82) is 0 Å². The number of rotatable bonds is 2. The van der Waals surface area contributed by atoms with Crippen LogP contribution >= 0.6 is 11.6 Å². The van der Waals surface area contributed by atoms with Crippen LogP contribution < -0.4 is 0 Å².